The molecular weight excluding hydrogens is 220 g/mol. The number of hydrogen-bond donors (Lipinski definition) is 0. The van der Waals surface area contributed by atoms with Crippen molar-refractivity contribution in [2.45, 2.75) is 26.2 Å². The minimum absolute atomic E-state index is 0.926. The molecule has 0 unspecified atom stereocenters. The first-order chi connectivity index (χ1) is 8.81. The monoisotopic (exact) mass is 240 g/mol. The number of benzene rings is 2. The standard InChI is InChI=1S/C17H20O/c1-3-5-14-8-10-15(11-9-14)12-16-6-4-7-17(13-16)18-2/h4,6-11,13H,3,5,12H2,1-2H3. The van der Waals surface area contributed by atoms with Crippen LogP contribution < -0.4 is 4.74 Å². The van der Waals surface area contributed by atoms with Crippen LogP contribution in [0.25, 0.3) is 0 Å². The Morgan fingerprint density at radius 3 is 2.28 bits per heavy atom. The third kappa shape index (κ3) is 3.36. The topological polar surface area (TPSA) is 9.23 Å². The van der Waals surface area contributed by atoms with E-state index in [1.165, 1.54) is 29.5 Å². The SMILES string of the molecule is CCCc1ccc(Cc2cccc(OC)c2)cc1. The minimum atomic E-state index is 0.926. The Morgan fingerprint density at radius 2 is 1.61 bits per heavy atom. The van der Waals surface area contributed by atoms with Crippen LogP contribution in [-0.2, 0) is 12.8 Å². The van der Waals surface area contributed by atoms with Crippen LogP contribution in [0.1, 0.15) is 30.0 Å². The molecule has 0 aliphatic carbocycles. The third-order valence-electron chi connectivity index (χ3n) is 3.10. The second kappa shape index (κ2) is 6.25. The van der Waals surface area contributed by atoms with E-state index in [1.807, 2.05) is 12.1 Å². The zero-order chi connectivity index (χ0) is 12.8. The van der Waals surface area contributed by atoms with E-state index in [-0.39, 0.29) is 0 Å². The lowest BCUT2D eigenvalue weighted by Gasteiger charge is -2.06. The smallest absolute Gasteiger partial charge is 0.119 e. The summed E-state index contributed by atoms with van der Waals surface area (Å²) in [6, 6.07) is 17.2. The molecule has 2 aromatic carbocycles. The van der Waals surface area contributed by atoms with E-state index in [0.29, 0.717) is 0 Å². The van der Waals surface area contributed by atoms with E-state index in [9.17, 15) is 0 Å². The van der Waals surface area contributed by atoms with Crippen LogP contribution in [0.15, 0.2) is 48.5 Å². The molecule has 94 valence electrons. The van der Waals surface area contributed by atoms with Crippen LogP contribution in [0.4, 0.5) is 0 Å². The fourth-order valence-corrected chi connectivity index (χ4v) is 2.13. The summed E-state index contributed by atoms with van der Waals surface area (Å²) in [6.07, 6.45) is 3.33. The summed E-state index contributed by atoms with van der Waals surface area (Å²) in [6.45, 7) is 2.21. The second-order valence-electron chi connectivity index (χ2n) is 4.59. The molecule has 0 N–H and O–H groups in total. The van der Waals surface area contributed by atoms with Crippen molar-refractivity contribution in [1.29, 1.82) is 0 Å². The maximum absolute atomic E-state index is 5.24. The number of hydrogen-bond acceptors (Lipinski definition) is 1. The molecule has 0 aromatic heterocycles. The number of methoxy groups -OCH3 is 1. The fourth-order valence-electron chi connectivity index (χ4n) is 2.13. The van der Waals surface area contributed by atoms with Gasteiger partial charge in [0.05, 0.1) is 7.11 Å². The Bertz CT molecular complexity index is 485. The van der Waals surface area contributed by atoms with Crippen LogP contribution in [0.5, 0.6) is 5.75 Å². The first-order valence-electron chi connectivity index (χ1n) is 6.52. The molecule has 0 heterocycles. The minimum Gasteiger partial charge on any atom is -0.497 e. The maximum atomic E-state index is 5.24. The van der Waals surface area contributed by atoms with Gasteiger partial charge in [0.15, 0.2) is 0 Å². The van der Waals surface area contributed by atoms with Gasteiger partial charge in [-0.15, -0.1) is 0 Å². The molecule has 2 rings (SSSR count). The molecule has 0 aliphatic rings. The van der Waals surface area contributed by atoms with Gasteiger partial charge in [-0.25, -0.2) is 0 Å². The summed E-state index contributed by atoms with van der Waals surface area (Å²) in [5.74, 6) is 0.926. The molecule has 0 bridgehead atoms. The van der Waals surface area contributed by atoms with Crippen molar-refractivity contribution in [3.63, 3.8) is 0 Å². The van der Waals surface area contributed by atoms with Gasteiger partial charge < -0.3 is 4.74 Å². The Balaban J connectivity index is 2.08. The van der Waals surface area contributed by atoms with Crippen LogP contribution in [0.2, 0.25) is 0 Å². The number of ether oxygens (including phenoxy) is 1. The van der Waals surface area contributed by atoms with Crippen molar-refractivity contribution in [2.75, 3.05) is 7.11 Å². The van der Waals surface area contributed by atoms with Crippen LogP contribution in [0.3, 0.4) is 0 Å². The molecule has 18 heavy (non-hydrogen) atoms. The molecule has 0 radical (unpaired) electrons. The van der Waals surface area contributed by atoms with Crippen molar-refractivity contribution in [1.82, 2.24) is 0 Å². The zero-order valence-corrected chi connectivity index (χ0v) is 11.1. The van der Waals surface area contributed by atoms with Gasteiger partial charge in [-0.3, -0.25) is 0 Å². The van der Waals surface area contributed by atoms with Gasteiger partial charge in [0.2, 0.25) is 0 Å². The fraction of sp³-hybridized carbons (Fsp3) is 0.294. The van der Waals surface area contributed by atoms with Gasteiger partial charge in [-0.05, 0) is 41.7 Å². The van der Waals surface area contributed by atoms with E-state index < -0.39 is 0 Å². The quantitative estimate of drug-likeness (QED) is 0.759. The Labute approximate surface area is 109 Å². The van der Waals surface area contributed by atoms with E-state index in [1.54, 1.807) is 7.11 Å². The highest BCUT2D eigenvalue weighted by atomic mass is 16.5. The van der Waals surface area contributed by atoms with Gasteiger partial charge in [0.25, 0.3) is 0 Å². The third-order valence-corrected chi connectivity index (χ3v) is 3.10. The lowest BCUT2D eigenvalue weighted by atomic mass is 10.0. The molecular formula is C17H20O. The van der Waals surface area contributed by atoms with Crippen molar-refractivity contribution < 1.29 is 4.74 Å². The molecule has 1 nitrogen and oxygen atoms in total. The van der Waals surface area contributed by atoms with Crippen molar-refractivity contribution in [2.24, 2.45) is 0 Å². The molecule has 1 heteroatoms. The van der Waals surface area contributed by atoms with Crippen LogP contribution >= 0.6 is 0 Å². The van der Waals surface area contributed by atoms with Crippen molar-refractivity contribution in [3.8, 4) is 5.75 Å². The Morgan fingerprint density at radius 1 is 0.889 bits per heavy atom. The van der Waals surface area contributed by atoms with E-state index in [4.69, 9.17) is 4.74 Å². The number of rotatable bonds is 5. The average molecular weight is 240 g/mol. The van der Waals surface area contributed by atoms with Gasteiger partial charge in [0, 0.05) is 0 Å². The lowest BCUT2D eigenvalue weighted by Crippen LogP contribution is -1.91. The largest absolute Gasteiger partial charge is 0.497 e. The Hall–Kier alpha value is -1.76. The highest BCUT2D eigenvalue weighted by Gasteiger charge is 1.99. The maximum Gasteiger partial charge on any atom is 0.119 e. The lowest BCUT2D eigenvalue weighted by molar-refractivity contribution is 0.414. The molecule has 0 spiro atoms. The molecule has 0 amide bonds. The summed E-state index contributed by atoms with van der Waals surface area (Å²) in [4.78, 5) is 0. The Kier molecular flexibility index (Phi) is 4.40. The van der Waals surface area contributed by atoms with Gasteiger partial charge in [-0.2, -0.15) is 0 Å². The number of aryl methyl sites for hydroxylation is 1. The summed E-state index contributed by atoms with van der Waals surface area (Å²) < 4.78 is 5.24. The van der Waals surface area contributed by atoms with E-state index in [0.717, 1.165) is 12.2 Å². The highest BCUT2D eigenvalue weighted by molar-refractivity contribution is 5.33. The second-order valence-corrected chi connectivity index (χ2v) is 4.59. The van der Waals surface area contributed by atoms with E-state index >= 15 is 0 Å². The van der Waals surface area contributed by atoms with Crippen molar-refractivity contribution >= 4 is 0 Å². The summed E-state index contributed by atoms with van der Waals surface area (Å²) in [5, 5.41) is 0. The first kappa shape index (κ1) is 12.7. The molecule has 0 saturated heterocycles. The first-order valence-corrected chi connectivity index (χ1v) is 6.52. The predicted octanol–water partition coefficient (Wildman–Crippen LogP) is 4.24. The summed E-state index contributed by atoms with van der Waals surface area (Å²) in [7, 11) is 1.71. The highest BCUT2D eigenvalue weighted by Crippen LogP contribution is 2.16. The van der Waals surface area contributed by atoms with Gasteiger partial charge in [0.1, 0.15) is 5.75 Å². The summed E-state index contributed by atoms with van der Waals surface area (Å²) >= 11 is 0. The summed E-state index contributed by atoms with van der Waals surface area (Å²) in [5.41, 5.74) is 4.06. The van der Waals surface area contributed by atoms with Crippen LogP contribution in [0, 0.1) is 0 Å². The average Bonchev–Trinajstić information content (AvgIpc) is 2.42. The molecule has 0 aliphatic heterocycles. The zero-order valence-electron chi connectivity index (χ0n) is 11.1. The molecule has 0 atom stereocenters. The van der Waals surface area contributed by atoms with Gasteiger partial charge in [-0.1, -0.05) is 49.7 Å². The predicted molar refractivity (Wildman–Crippen MR) is 76.2 cm³/mol. The van der Waals surface area contributed by atoms with Gasteiger partial charge >= 0.3 is 0 Å². The molecule has 0 fully saturated rings. The van der Waals surface area contributed by atoms with Crippen LogP contribution in [-0.4, -0.2) is 7.11 Å². The molecule has 2 aromatic rings. The molecule has 0 saturated carbocycles. The van der Waals surface area contributed by atoms with Crippen molar-refractivity contribution in [3.05, 3.63) is 65.2 Å². The normalized spacial score (nSPS) is 10.3. The van der Waals surface area contributed by atoms with E-state index in [2.05, 4.69) is 43.3 Å².